The van der Waals surface area contributed by atoms with Gasteiger partial charge in [-0.2, -0.15) is 0 Å². The third kappa shape index (κ3) is 2.58. The van der Waals surface area contributed by atoms with Crippen LogP contribution in [0.1, 0.15) is 12.8 Å². The highest BCUT2D eigenvalue weighted by molar-refractivity contribution is 5.94. The van der Waals surface area contributed by atoms with Crippen molar-refractivity contribution in [2.45, 2.75) is 12.8 Å². The topological polar surface area (TPSA) is 149 Å². The number of carboxylic acids is 4. The average molecular weight is 260 g/mol. The maximum absolute atomic E-state index is 11.0. The minimum absolute atomic E-state index is 0.244. The molecule has 1 saturated carbocycles. The maximum atomic E-state index is 11.0. The molecule has 8 heteroatoms. The molecular formula is C10H12O8. The van der Waals surface area contributed by atoms with Crippen LogP contribution in [-0.2, 0) is 19.2 Å². The lowest BCUT2D eigenvalue weighted by molar-refractivity contribution is -0.159. The highest BCUT2D eigenvalue weighted by Gasteiger charge is 2.50. The number of rotatable bonds is 5. The summed E-state index contributed by atoms with van der Waals surface area (Å²) in [4.78, 5) is 43.4. The molecule has 1 aliphatic rings. The zero-order valence-corrected chi connectivity index (χ0v) is 9.15. The Kier molecular flexibility index (Phi) is 3.89. The van der Waals surface area contributed by atoms with Crippen LogP contribution in [0, 0.1) is 23.7 Å². The molecule has 0 aliphatic heterocycles. The fourth-order valence-corrected chi connectivity index (χ4v) is 2.40. The number of carbonyl (C=O) groups is 4. The molecule has 0 aromatic rings. The van der Waals surface area contributed by atoms with Crippen molar-refractivity contribution in [2.24, 2.45) is 23.7 Å². The molecule has 8 nitrogen and oxygen atoms in total. The lowest BCUT2D eigenvalue weighted by Crippen LogP contribution is -2.35. The summed E-state index contributed by atoms with van der Waals surface area (Å²) in [5.74, 6) is -11.3. The van der Waals surface area contributed by atoms with E-state index in [0.717, 1.165) is 0 Å². The van der Waals surface area contributed by atoms with E-state index in [9.17, 15) is 19.2 Å². The molecule has 0 heterocycles. The molecule has 0 spiro atoms. The molecule has 100 valence electrons. The van der Waals surface area contributed by atoms with Gasteiger partial charge in [-0.1, -0.05) is 0 Å². The Balaban J connectivity index is 3.03. The Bertz CT molecular complexity index is 387. The van der Waals surface area contributed by atoms with E-state index in [1.54, 1.807) is 0 Å². The van der Waals surface area contributed by atoms with Crippen molar-refractivity contribution in [2.75, 3.05) is 0 Å². The van der Waals surface area contributed by atoms with E-state index >= 15 is 0 Å². The Hall–Kier alpha value is -2.12. The molecule has 0 saturated heterocycles. The third-order valence-corrected chi connectivity index (χ3v) is 3.24. The summed E-state index contributed by atoms with van der Waals surface area (Å²) < 4.78 is 0. The van der Waals surface area contributed by atoms with Crippen LogP contribution >= 0.6 is 0 Å². The van der Waals surface area contributed by atoms with Gasteiger partial charge in [-0.05, 0) is 18.8 Å². The quantitative estimate of drug-likeness (QED) is 0.487. The third-order valence-electron chi connectivity index (χ3n) is 3.24. The fraction of sp³-hybridized carbons (Fsp3) is 0.600. The van der Waals surface area contributed by atoms with E-state index in [-0.39, 0.29) is 12.8 Å². The maximum Gasteiger partial charge on any atom is 0.318 e. The van der Waals surface area contributed by atoms with Gasteiger partial charge in [0.2, 0.25) is 0 Å². The minimum atomic E-state index is -1.89. The molecule has 0 radical (unpaired) electrons. The highest BCUT2D eigenvalue weighted by atomic mass is 16.4. The summed E-state index contributed by atoms with van der Waals surface area (Å²) in [6.07, 6.45) is -0.498. The molecule has 4 N–H and O–H groups in total. The van der Waals surface area contributed by atoms with Crippen LogP contribution in [0.3, 0.4) is 0 Å². The van der Waals surface area contributed by atoms with Gasteiger partial charge in [-0.3, -0.25) is 19.2 Å². The first-order valence-corrected chi connectivity index (χ1v) is 5.17. The summed E-state index contributed by atoms with van der Waals surface area (Å²) in [6, 6.07) is 0. The van der Waals surface area contributed by atoms with E-state index in [0.29, 0.717) is 0 Å². The fourth-order valence-electron chi connectivity index (χ4n) is 2.40. The van der Waals surface area contributed by atoms with Crippen LogP contribution in [0.15, 0.2) is 0 Å². The van der Waals surface area contributed by atoms with Crippen molar-refractivity contribution in [3.05, 3.63) is 0 Å². The van der Waals surface area contributed by atoms with Crippen LogP contribution in [0.25, 0.3) is 0 Å². The Morgan fingerprint density at radius 1 is 0.833 bits per heavy atom. The summed E-state index contributed by atoms with van der Waals surface area (Å²) >= 11 is 0. The van der Waals surface area contributed by atoms with E-state index in [1.807, 2.05) is 0 Å². The van der Waals surface area contributed by atoms with Gasteiger partial charge >= 0.3 is 23.9 Å². The Morgan fingerprint density at radius 3 is 1.67 bits per heavy atom. The van der Waals surface area contributed by atoms with Gasteiger partial charge in [0.1, 0.15) is 0 Å². The summed E-state index contributed by atoms with van der Waals surface area (Å²) in [7, 11) is 0. The molecule has 18 heavy (non-hydrogen) atoms. The molecule has 1 aliphatic carbocycles. The molecule has 0 aromatic heterocycles. The number of carboxylic acid groups (broad SMARTS) is 4. The molecule has 3 atom stereocenters. The first-order valence-electron chi connectivity index (χ1n) is 5.17. The minimum Gasteiger partial charge on any atom is -0.481 e. The second kappa shape index (κ2) is 5.03. The predicted octanol–water partition coefficient (Wildman–Crippen LogP) is -0.417. The molecule has 1 fully saturated rings. The number of hydrogen-bond acceptors (Lipinski definition) is 4. The number of hydrogen-bond donors (Lipinski definition) is 4. The second-order valence-corrected chi connectivity index (χ2v) is 4.27. The van der Waals surface area contributed by atoms with Crippen molar-refractivity contribution in [1.29, 1.82) is 0 Å². The van der Waals surface area contributed by atoms with Gasteiger partial charge < -0.3 is 20.4 Å². The molecule has 1 rings (SSSR count). The monoisotopic (exact) mass is 260 g/mol. The van der Waals surface area contributed by atoms with Gasteiger partial charge in [0, 0.05) is 0 Å². The summed E-state index contributed by atoms with van der Waals surface area (Å²) in [6.45, 7) is 0. The van der Waals surface area contributed by atoms with Crippen LogP contribution < -0.4 is 0 Å². The van der Waals surface area contributed by atoms with Crippen LogP contribution in [0.5, 0.6) is 0 Å². The lowest BCUT2D eigenvalue weighted by atomic mass is 9.83. The first-order chi connectivity index (χ1) is 8.25. The van der Waals surface area contributed by atoms with E-state index in [2.05, 4.69) is 0 Å². The van der Waals surface area contributed by atoms with Crippen molar-refractivity contribution in [1.82, 2.24) is 0 Å². The molecule has 0 amide bonds. The van der Waals surface area contributed by atoms with Gasteiger partial charge in [-0.25, -0.2) is 0 Å². The van der Waals surface area contributed by atoms with Crippen LogP contribution in [-0.4, -0.2) is 44.3 Å². The second-order valence-electron chi connectivity index (χ2n) is 4.27. The van der Waals surface area contributed by atoms with Crippen molar-refractivity contribution in [3.63, 3.8) is 0 Å². The first kappa shape index (κ1) is 13.9. The van der Waals surface area contributed by atoms with E-state index in [4.69, 9.17) is 20.4 Å². The van der Waals surface area contributed by atoms with Crippen molar-refractivity contribution in [3.8, 4) is 0 Å². The predicted molar refractivity (Wildman–Crippen MR) is 53.7 cm³/mol. The van der Waals surface area contributed by atoms with Gasteiger partial charge in [-0.15, -0.1) is 0 Å². The smallest absolute Gasteiger partial charge is 0.318 e. The van der Waals surface area contributed by atoms with Gasteiger partial charge in [0.05, 0.1) is 11.8 Å². The zero-order valence-electron chi connectivity index (χ0n) is 9.15. The number of aliphatic carboxylic acids is 4. The molecule has 0 aromatic carbocycles. The Labute approximate surface area is 101 Å². The van der Waals surface area contributed by atoms with Crippen molar-refractivity contribution < 1.29 is 39.6 Å². The largest absolute Gasteiger partial charge is 0.481 e. The Morgan fingerprint density at radius 2 is 1.33 bits per heavy atom. The zero-order chi connectivity index (χ0) is 14.0. The highest BCUT2D eigenvalue weighted by Crippen LogP contribution is 2.41. The van der Waals surface area contributed by atoms with Crippen LogP contribution in [0.4, 0.5) is 0 Å². The van der Waals surface area contributed by atoms with Gasteiger partial charge in [0.25, 0.3) is 0 Å². The van der Waals surface area contributed by atoms with E-state index < -0.39 is 47.5 Å². The van der Waals surface area contributed by atoms with Gasteiger partial charge in [0.15, 0.2) is 5.92 Å². The van der Waals surface area contributed by atoms with E-state index in [1.165, 1.54) is 0 Å². The summed E-state index contributed by atoms with van der Waals surface area (Å²) in [5.41, 5.74) is 0. The molecule has 0 bridgehead atoms. The lowest BCUT2D eigenvalue weighted by Gasteiger charge is -2.19. The summed E-state index contributed by atoms with van der Waals surface area (Å²) in [5, 5.41) is 35.3. The molecular weight excluding hydrogens is 248 g/mol. The van der Waals surface area contributed by atoms with Crippen molar-refractivity contribution >= 4 is 23.9 Å². The molecule has 3 unspecified atom stereocenters. The SMILES string of the molecule is O=C(O)C1CC(C(=O)O)C(C(C(=O)O)C(=O)O)C1. The van der Waals surface area contributed by atoms with Crippen LogP contribution in [0.2, 0.25) is 0 Å². The normalized spacial score (nSPS) is 27.1. The standard InChI is InChI=1S/C10H12O8/c11-7(12)3-1-4(5(2-3)8(13)14)6(9(15)16)10(17)18/h3-6H,1-2H2,(H,11,12)(H,13,14)(H,15,16)(H,17,18). The average Bonchev–Trinajstić information content (AvgIpc) is 2.61.